The fourth-order valence-electron chi connectivity index (χ4n) is 0.749. The average Bonchev–Trinajstić information content (AvgIpc) is 2.08. The van der Waals surface area contributed by atoms with Crippen LogP contribution >= 0.6 is 31.9 Å². The Labute approximate surface area is 91.9 Å². The van der Waals surface area contributed by atoms with Crippen LogP contribution in [-0.2, 0) is 0 Å². The van der Waals surface area contributed by atoms with Gasteiger partial charge in [0.15, 0.2) is 0 Å². The van der Waals surface area contributed by atoms with E-state index in [1.165, 1.54) is 6.08 Å². The van der Waals surface area contributed by atoms with E-state index in [2.05, 4.69) is 31.9 Å². The highest BCUT2D eigenvalue weighted by Gasteiger charge is 2.03. The molecule has 1 aromatic rings. The van der Waals surface area contributed by atoms with E-state index in [1.807, 2.05) is 12.1 Å². The summed E-state index contributed by atoms with van der Waals surface area (Å²) in [5.74, 6) is 0. The van der Waals surface area contributed by atoms with Gasteiger partial charge in [0.25, 0.3) is 0 Å². The summed E-state index contributed by atoms with van der Waals surface area (Å²) in [5, 5.41) is 10.3. The van der Waals surface area contributed by atoms with Crippen LogP contribution in [0.2, 0.25) is 0 Å². The first kappa shape index (κ1) is 10.4. The van der Waals surface area contributed by atoms with Crippen LogP contribution in [0.5, 0.6) is 0 Å². The topological polar surface area (TPSA) is 43.1 Å². The Hall–Kier alpha value is -0.680. The molecule has 0 heterocycles. The Bertz CT molecular complexity index is 346. The highest BCUT2D eigenvalue weighted by Crippen LogP contribution is 2.15. The SMILES string of the molecule is O=[N+]([O-])C(Br)=Cc1ccc(Br)cc1. The molecule has 0 unspecified atom stereocenters. The maximum Gasteiger partial charge on any atom is 0.311 e. The smallest absolute Gasteiger partial charge is 0.258 e. The zero-order valence-electron chi connectivity index (χ0n) is 6.41. The Morgan fingerprint density at radius 2 is 1.92 bits per heavy atom. The lowest BCUT2D eigenvalue weighted by Crippen LogP contribution is -1.89. The average molecular weight is 307 g/mol. The second-order valence-electron chi connectivity index (χ2n) is 2.28. The van der Waals surface area contributed by atoms with Crippen LogP contribution in [0.25, 0.3) is 6.08 Å². The summed E-state index contributed by atoms with van der Waals surface area (Å²) < 4.78 is 0.900. The van der Waals surface area contributed by atoms with Crippen molar-refractivity contribution < 1.29 is 4.92 Å². The molecule has 0 radical (unpaired) electrons. The lowest BCUT2D eigenvalue weighted by molar-refractivity contribution is -0.407. The van der Waals surface area contributed by atoms with Crippen LogP contribution in [0.3, 0.4) is 0 Å². The second-order valence-corrected chi connectivity index (χ2v) is 4.00. The van der Waals surface area contributed by atoms with Gasteiger partial charge in [0.1, 0.15) is 0 Å². The minimum absolute atomic E-state index is 0.0465. The summed E-state index contributed by atoms with van der Waals surface area (Å²) in [6.45, 7) is 0. The molecule has 0 saturated carbocycles. The summed E-state index contributed by atoms with van der Waals surface area (Å²) in [6.07, 6.45) is 1.45. The van der Waals surface area contributed by atoms with Crippen LogP contribution in [0.4, 0.5) is 0 Å². The van der Waals surface area contributed by atoms with Crippen molar-refractivity contribution in [1.29, 1.82) is 0 Å². The van der Waals surface area contributed by atoms with Gasteiger partial charge in [-0.05, 0) is 17.7 Å². The molecule has 0 bridgehead atoms. The molecule has 0 fully saturated rings. The predicted molar refractivity (Wildman–Crippen MR) is 58.0 cm³/mol. The molecule has 1 aromatic carbocycles. The molecule has 0 saturated heterocycles. The number of halogens is 2. The molecular weight excluding hydrogens is 302 g/mol. The molecule has 5 heteroatoms. The Balaban J connectivity index is 2.92. The number of hydrogen-bond donors (Lipinski definition) is 0. The molecule has 0 aromatic heterocycles. The van der Waals surface area contributed by atoms with Crippen molar-refractivity contribution in [2.75, 3.05) is 0 Å². The summed E-state index contributed by atoms with van der Waals surface area (Å²) in [4.78, 5) is 9.77. The first-order valence-corrected chi connectivity index (χ1v) is 4.95. The van der Waals surface area contributed by atoms with E-state index in [4.69, 9.17) is 0 Å². The molecule has 13 heavy (non-hydrogen) atoms. The normalized spacial score (nSPS) is 11.4. The van der Waals surface area contributed by atoms with Gasteiger partial charge in [0.2, 0.25) is 0 Å². The van der Waals surface area contributed by atoms with Crippen LogP contribution in [-0.4, -0.2) is 4.92 Å². The Morgan fingerprint density at radius 1 is 1.38 bits per heavy atom. The van der Waals surface area contributed by atoms with Gasteiger partial charge < -0.3 is 0 Å². The minimum atomic E-state index is -0.484. The third-order valence-electron chi connectivity index (χ3n) is 1.33. The number of hydrogen-bond acceptors (Lipinski definition) is 2. The molecule has 1 rings (SSSR count). The zero-order chi connectivity index (χ0) is 9.84. The number of nitrogens with zero attached hydrogens (tertiary/aromatic N) is 1. The van der Waals surface area contributed by atoms with Gasteiger partial charge in [-0.3, -0.25) is 10.1 Å². The number of rotatable bonds is 2. The third-order valence-corrected chi connectivity index (χ3v) is 2.38. The Morgan fingerprint density at radius 3 is 2.38 bits per heavy atom. The maximum absolute atomic E-state index is 10.3. The van der Waals surface area contributed by atoms with Gasteiger partial charge in [-0.2, -0.15) is 0 Å². The van der Waals surface area contributed by atoms with Crippen LogP contribution in [0.15, 0.2) is 33.3 Å². The van der Waals surface area contributed by atoms with E-state index in [0.717, 1.165) is 10.0 Å². The van der Waals surface area contributed by atoms with E-state index >= 15 is 0 Å². The molecule has 0 N–H and O–H groups in total. The minimum Gasteiger partial charge on any atom is -0.258 e. The van der Waals surface area contributed by atoms with Crippen LogP contribution in [0, 0.1) is 10.1 Å². The molecule has 0 aliphatic heterocycles. The van der Waals surface area contributed by atoms with Gasteiger partial charge in [-0.25, -0.2) is 0 Å². The predicted octanol–water partition coefficient (Wildman–Crippen LogP) is 3.42. The molecule has 0 aliphatic rings. The number of nitro groups is 1. The van der Waals surface area contributed by atoms with E-state index < -0.39 is 4.92 Å². The summed E-state index contributed by atoms with van der Waals surface area (Å²) in [6, 6.07) is 7.22. The largest absolute Gasteiger partial charge is 0.311 e. The first-order valence-electron chi connectivity index (χ1n) is 3.37. The van der Waals surface area contributed by atoms with Gasteiger partial charge in [0, 0.05) is 26.5 Å². The molecule has 68 valence electrons. The van der Waals surface area contributed by atoms with Gasteiger partial charge in [-0.15, -0.1) is 0 Å². The quantitative estimate of drug-likeness (QED) is 0.477. The summed E-state index contributed by atoms with van der Waals surface area (Å²) in [7, 11) is 0. The standard InChI is InChI=1S/C8H5Br2NO2/c9-7-3-1-6(2-4-7)5-8(10)11(12)13/h1-5H. The monoisotopic (exact) mass is 305 g/mol. The lowest BCUT2D eigenvalue weighted by Gasteiger charge is -1.92. The van der Waals surface area contributed by atoms with Crippen molar-refractivity contribution in [3.8, 4) is 0 Å². The molecule has 0 spiro atoms. The van der Waals surface area contributed by atoms with E-state index in [1.54, 1.807) is 12.1 Å². The van der Waals surface area contributed by atoms with Crippen molar-refractivity contribution >= 4 is 37.9 Å². The van der Waals surface area contributed by atoms with Gasteiger partial charge in [0.05, 0.1) is 4.92 Å². The van der Waals surface area contributed by atoms with Crippen molar-refractivity contribution in [2.24, 2.45) is 0 Å². The maximum atomic E-state index is 10.3. The van der Waals surface area contributed by atoms with Crippen molar-refractivity contribution in [3.63, 3.8) is 0 Å². The zero-order valence-corrected chi connectivity index (χ0v) is 9.58. The number of benzene rings is 1. The fraction of sp³-hybridized carbons (Fsp3) is 0. The second kappa shape index (κ2) is 4.53. The van der Waals surface area contributed by atoms with E-state index in [-0.39, 0.29) is 4.61 Å². The van der Waals surface area contributed by atoms with E-state index in [0.29, 0.717) is 0 Å². The van der Waals surface area contributed by atoms with Crippen molar-refractivity contribution in [3.05, 3.63) is 49.0 Å². The van der Waals surface area contributed by atoms with Gasteiger partial charge in [-0.1, -0.05) is 28.1 Å². The molecular formula is C8H5Br2NO2. The highest BCUT2D eigenvalue weighted by atomic mass is 79.9. The van der Waals surface area contributed by atoms with Crippen molar-refractivity contribution in [2.45, 2.75) is 0 Å². The Kier molecular flexibility index (Phi) is 3.62. The van der Waals surface area contributed by atoms with E-state index in [9.17, 15) is 10.1 Å². The fourth-order valence-corrected chi connectivity index (χ4v) is 1.28. The lowest BCUT2D eigenvalue weighted by atomic mass is 10.2. The molecule has 0 aliphatic carbocycles. The summed E-state index contributed by atoms with van der Waals surface area (Å²) >= 11 is 6.12. The molecule has 3 nitrogen and oxygen atoms in total. The first-order chi connectivity index (χ1) is 6.09. The third kappa shape index (κ3) is 3.28. The van der Waals surface area contributed by atoms with Crippen LogP contribution < -0.4 is 0 Å². The summed E-state index contributed by atoms with van der Waals surface area (Å²) in [5.41, 5.74) is 0.784. The van der Waals surface area contributed by atoms with Crippen LogP contribution in [0.1, 0.15) is 5.56 Å². The molecule has 0 amide bonds. The highest BCUT2D eigenvalue weighted by molar-refractivity contribution is 9.11. The van der Waals surface area contributed by atoms with Gasteiger partial charge >= 0.3 is 4.61 Å². The van der Waals surface area contributed by atoms with Crippen molar-refractivity contribution in [1.82, 2.24) is 0 Å². The molecule has 0 atom stereocenters.